The van der Waals surface area contributed by atoms with Crippen LogP contribution in [0.4, 0.5) is 10.5 Å². The third-order valence-corrected chi connectivity index (χ3v) is 3.78. The van der Waals surface area contributed by atoms with Crippen LogP contribution in [-0.2, 0) is 0 Å². The molecule has 3 amide bonds. The molecule has 0 radical (unpaired) electrons. The molecule has 21 heavy (non-hydrogen) atoms. The zero-order valence-electron chi connectivity index (χ0n) is 11.9. The summed E-state index contributed by atoms with van der Waals surface area (Å²) in [5.74, 6) is -0.236. The third-order valence-electron chi connectivity index (χ3n) is 3.78. The van der Waals surface area contributed by atoms with Crippen LogP contribution in [0.2, 0.25) is 0 Å². The first-order chi connectivity index (χ1) is 9.98. The molecule has 0 heterocycles. The van der Waals surface area contributed by atoms with E-state index in [2.05, 4.69) is 10.6 Å². The number of rotatable bonds is 4. The molecule has 1 aliphatic carbocycles. The topological polar surface area (TPSA) is 104 Å². The zero-order valence-corrected chi connectivity index (χ0v) is 11.9. The van der Waals surface area contributed by atoms with Crippen molar-refractivity contribution < 1.29 is 14.7 Å². The lowest BCUT2D eigenvalue weighted by Crippen LogP contribution is -2.44. The Morgan fingerprint density at radius 2 is 1.76 bits per heavy atom. The van der Waals surface area contributed by atoms with Gasteiger partial charge in [-0.05, 0) is 37.1 Å². The molecule has 0 bridgehead atoms. The molecular weight excluding hydrogens is 270 g/mol. The molecule has 5 N–H and O–H groups in total. The van der Waals surface area contributed by atoms with Crippen LogP contribution in [-0.4, -0.2) is 29.2 Å². The Hall–Kier alpha value is -2.08. The van der Waals surface area contributed by atoms with E-state index in [4.69, 9.17) is 5.73 Å². The Morgan fingerprint density at radius 1 is 1.14 bits per heavy atom. The van der Waals surface area contributed by atoms with E-state index < -0.39 is 11.6 Å². The van der Waals surface area contributed by atoms with Crippen molar-refractivity contribution >= 4 is 17.6 Å². The number of amides is 3. The van der Waals surface area contributed by atoms with Crippen LogP contribution in [0.3, 0.4) is 0 Å². The molecule has 0 spiro atoms. The molecule has 6 nitrogen and oxygen atoms in total. The third kappa shape index (κ3) is 4.46. The highest BCUT2D eigenvalue weighted by molar-refractivity contribution is 5.95. The van der Waals surface area contributed by atoms with Crippen molar-refractivity contribution in [2.45, 2.75) is 37.7 Å². The summed E-state index contributed by atoms with van der Waals surface area (Å²) >= 11 is 0. The SMILES string of the molecule is NC(=O)Nc1ccc(C(=O)NCC2(O)CCCCC2)cc1. The van der Waals surface area contributed by atoms with Crippen LogP contribution in [0.5, 0.6) is 0 Å². The fourth-order valence-corrected chi connectivity index (χ4v) is 2.58. The molecule has 1 aromatic rings. The van der Waals surface area contributed by atoms with Gasteiger partial charge in [0.25, 0.3) is 5.91 Å². The van der Waals surface area contributed by atoms with Crippen molar-refractivity contribution in [1.29, 1.82) is 0 Å². The van der Waals surface area contributed by atoms with Gasteiger partial charge in [-0.1, -0.05) is 19.3 Å². The average molecular weight is 291 g/mol. The van der Waals surface area contributed by atoms with Gasteiger partial charge in [0.15, 0.2) is 0 Å². The molecule has 114 valence electrons. The molecule has 1 aromatic carbocycles. The lowest BCUT2D eigenvalue weighted by Gasteiger charge is -2.32. The monoisotopic (exact) mass is 291 g/mol. The van der Waals surface area contributed by atoms with Gasteiger partial charge in [0.1, 0.15) is 0 Å². The number of primary amides is 1. The van der Waals surface area contributed by atoms with Gasteiger partial charge in [-0.2, -0.15) is 0 Å². The van der Waals surface area contributed by atoms with E-state index in [0.717, 1.165) is 32.1 Å². The summed E-state index contributed by atoms with van der Waals surface area (Å²) in [5.41, 5.74) is 5.24. The van der Waals surface area contributed by atoms with Crippen molar-refractivity contribution in [2.75, 3.05) is 11.9 Å². The quantitative estimate of drug-likeness (QED) is 0.677. The number of nitrogens with one attached hydrogen (secondary N) is 2. The van der Waals surface area contributed by atoms with Crippen LogP contribution in [0.25, 0.3) is 0 Å². The summed E-state index contributed by atoms with van der Waals surface area (Å²) in [6.45, 7) is 0.271. The molecule has 0 atom stereocenters. The lowest BCUT2D eigenvalue weighted by molar-refractivity contribution is 0.00525. The van der Waals surface area contributed by atoms with E-state index in [9.17, 15) is 14.7 Å². The van der Waals surface area contributed by atoms with Crippen molar-refractivity contribution in [2.24, 2.45) is 5.73 Å². The van der Waals surface area contributed by atoms with E-state index in [1.807, 2.05) is 0 Å². The largest absolute Gasteiger partial charge is 0.388 e. The Morgan fingerprint density at radius 3 is 2.33 bits per heavy atom. The molecule has 1 aliphatic rings. The van der Waals surface area contributed by atoms with Crippen LogP contribution >= 0.6 is 0 Å². The van der Waals surface area contributed by atoms with Crippen LogP contribution < -0.4 is 16.4 Å². The Bertz CT molecular complexity index is 507. The lowest BCUT2D eigenvalue weighted by atomic mass is 9.85. The smallest absolute Gasteiger partial charge is 0.316 e. The molecule has 0 aromatic heterocycles. The molecule has 6 heteroatoms. The van der Waals surface area contributed by atoms with Gasteiger partial charge < -0.3 is 21.5 Å². The van der Waals surface area contributed by atoms with Crippen LogP contribution in [0.1, 0.15) is 42.5 Å². The van der Waals surface area contributed by atoms with E-state index in [0.29, 0.717) is 11.3 Å². The number of anilines is 1. The predicted molar refractivity (Wildman–Crippen MR) is 80.0 cm³/mol. The number of benzene rings is 1. The minimum absolute atomic E-state index is 0.236. The van der Waals surface area contributed by atoms with Gasteiger partial charge >= 0.3 is 6.03 Å². The standard InChI is InChI=1S/C15H21N3O3/c16-14(20)18-12-6-4-11(5-7-12)13(19)17-10-15(21)8-2-1-3-9-15/h4-7,21H,1-3,8-10H2,(H,17,19)(H3,16,18,20). The molecule has 1 fully saturated rings. The first kappa shape index (κ1) is 15.3. The van der Waals surface area contributed by atoms with Gasteiger partial charge in [0.05, 0.1) is 5.60 Å². The highest BCUT2D eigenvalue weighted by Gasteiger charge is 2.29. The van der Waals surface area contributed by atoms with Crippen molar-refractivity contribution in [3.05, 3.63) is 29.8 Å². The van der Waals surface area contributed by atoms with Gasteiger partial charge in [0, 0.05) is 17.8 Å². The molecule has 2 rings (SSSR count). The summed E-state index contributed by atoms with van der Waals surface area (Å²) in [7, 11) is 0. The zero-order chi connectivity index (χ0) is 15.3. The fourth-order valence-electron chi connectivity index (χ4n) is 2.58. The number of carbonyl (C=O) groups excluding carboxylic acids is 2. The van der Waals surface area contributed by atoms with E-state index in [1.54, 1.807) is 24.3 Å². The summed E-state index contributed by atoms with van der Waals surface area (Å²) in [6.07, 6.45) is 4.60. The van der Waals surface area contributed by atoms with Crippen LogP contribution in [0, 0.1) is 0 Å². The first-order valence-corrected chi connectivity index (χ1v) is 7.16. The number of hydrogen-bond donors (Lipinski definition) is 4. The second kappa shape index (κ2) is 6.58. The Balaban J connectivity index is 1.89. The Labute approximate surface area is 123 Å². The predicted octanol–water partition coefficient (Wildman–Crippen LogP) is 1.60. The van der Waals surface area contributed by atoms with Crippen molar-refractivity contribution in [3.63, 3.8) is 0 Å². The van der Waals surface area contributed by atoms with Crippen LogP contribution in [0.15, 0.2) is 24.3 Å². The maximum absolute atomic E-state index is 12.0. The number of nitrogens with two attached hydrogens (primary N) is 1. The fraction of sp³-hybridized carbons (Fsp3) is 0.467. The number of aliphatic hydroxyl groups is 1. The molecule has 0 unspecified atom stereocenters. The van der Waals surface area contributed by atoms with E-state index in [-0.39, 0.29) is 12.5 Å². The van der Waals surface area contributed by atoms with Gasteiger partial charge in [-0.25, -0.2) is 4.79 Å². The summed E-state index contributed by atoms with van der Waals surface area (Å²) < 4.78 is 0. The van der Waals surface area contributed by atoms with E-state index in [1.165, 1.54) is 0 Å². The average Bonchev–Trinajstić information content (AvgIpc) is 2.46. The highest BCUT2D eigenvalue weighted by Crippen LogP contribution is 2.27. The summed E-state index contributed by atoms with van der Waals surface area (Å²) in [4.78, 5) is 22.7. The van der Waals surface area contributed by atoms with Gasteiger partial charge in [-0.15, -0.1) is 0 Å². The molecule has 0 aliphatic heterocycles. The normalized spacial score (nSPS) is 17.0. The van der Waals surface area contributed by atoms with Crippen molar-refractivity contribution in [1.82, 2.24) is 5.32 Å². The second-order valence-electron chi connectivity index (χ2n) is 5.53. The molecule has 0 saturated heterocycles. The maximum Gasteiger partial charge on any atom is 0.316 e. The van der Waals surface area contributed by atoms with Crippen molar-refractivity contribution in [3.8, 4) is 0 Å². The second-order valence-corrected chi connectivity index (χ2v) is 5.53. The minimum atomic E-state index is -0.776. The summed E-state index contributed by atoms with van der Waals surface area (Å²) in [5, 5.41) is 15.5. The highest BCUT2D eigenvalue weighted by atomic mass is 16.3. The van der Waals surface area contributed by atoms with E-state index >= 15 is 0 Å². The van der Waals surface area contributed by atoms with Gasteiger partial charge in [0.2, 0.25) is 0 Å². The number of carbonyl (C=O) groups is 2. The molecule has 1 saturated carbocycles. The maximum atomic E-state index is 12.0. The number of urea groups is 1. The molecular formula is C15H21N3O3. The number of hydrogen-bond acceptors (Lipinski definition) is 3. The van der Waals surface area contributed by atoms with Gasteiger partial charge in [-0.3, -0.25) is 4.79 Å². The first-order valence-electron chi connectivity index (χ1n) is 7.16. The Kier molecular flexibility index (Phi) is 4.80. The summed E-state index contributed by atoms with van der Waals surface area (Å²) in [6, 6.07) is 5.77. The minimum Gasteiger partial charge on any atom is -0.388 e.